The van der Waals surface area contributed by atoms with Crippen LogP contribution in [0.1, 0.15) is 226 Å². The fourth-order valence-corrected chi connectivity index (χ4v) is 19.7. The summed E-state index contributed by atoms with van der Waals surface area (Å²) < 4.78 is 21.9. The number of thiazole rings is 3. The summed E-state index contributed by atoms with van der Waals surface area (Å²) in [7, 11) is 0. The van der Waals surface area contributed by atoms with Crippen LogP contribution in [0.2, 0.25) is 0 Å². The van der Waals surface area contributed by atoms with Crippen molar-refractivity contribution in [2.24, 2.45) is 0 Å². The zero-order valence-electron chi connectivity index (χ0n) is 68.3. The summed E-state index contributed by atoms with van der Waals surface area (Å²) in [5, 5.41) is 0. The van der Waals surface area contributed by atoms with Gasteiger partial charge in [-0.1, -0.05) is 145 Å². The Labute approximate surface area is 677 Å². The minimum absolute atomic E-state index is 0.0624. The molecule has 6 aliphatic rings. The quantitative estimate of drug-likeness (QED) is 0.0321. The van der Waals surface area contributed by atoms with Gasteiger partial charge in [-0.15, -0.1) is 0 Å². The Hall–Kier alpha value is -7.08. The highest BCUT2D eigenvalue weighted by Gasteiger charge is 2.24. The van der Waals surface area contributed by atoms with Crippen molar-refractivity contribution in [3.8, 4) is 5.75 Å². The summed E-state index contributed by atoms with van der Waals surface area (Å²) >= 11 is 4.04. The lowest BCUT2D eigenvalue weighted by Gasteiger charge is -2.35. The molecule has 0 N–H and O–H groups in total. The van der Waals surface area contributed by atoms with E-state index in [-0.39, 0.29) is 31.9 Å². The number of fused-ring (bicyclic) bond motifs is 5. The molecule has 0 aliphatic carbocycles. The molecule has 4 aromatic heterocycles. The lowest BCUT2D eigenvalue weighted by molar-refractivity contribution is 0.0980. The van der Waals surface area contributed by atoms with Crippen molar-refractivity contribution in [3.05, 3.63) is 171 Å². The second-order valence-corrected chi connectivity index (χ2v) is 34.6. The van der Waals surface area contributed by atoms with Crippen molar-refractivity contribution in [3.63, 3.8) is 0 Å². The smallest absolute Gasteiger partial charge is 0.419 e. The molecule has 10 heterocycles. The number of ether oxygens (including phenoxy) is 1. The number of likely N-dealkylation sites (tertiary alicyclic amines) is 5. The van der Waals surface area contributed by atoms with Gasteiger partial charge in [0.1, 0.15) is 12.4 Å². The van der Waals surface area contributed by atoms with E-state index in [9.17, 15) is 28.8 Å². The van der Waals surface area contributed by atoms with Crippen molar-refractivity contribution in [2.75, 3.05) is 116 Å². The van der Waals surface area contributed by atoms with Crippen molar-refractivity contribution >= 4 is 93.0 Å². The molecule has 0 atom stereocenters. The SMILES string of the molecule is C=C1COc2cc(CCC)ccc2N1CCN1CCCCC1.CCC(=O)c1ccc2c(c1)oc(=O)n2CCCN1CCCCC1.CCC(=O)c1ccc2c(c1)sc(=O)n2CCCN1CCCCC1.CCCc1ccc2c(c1)sc(=O)n2CCCCN1CCCCC1.CCCc1ccc2c(c1)sc(=O)n2CCN1CCCCC1. The van der Waals surface area contributed by atoms with Crippen LogP contribution >= 0.6 is 34.0 Å². The van der Waals surface area contributed by atoms with Crippen LogP contribution in [0.4, 0.5) is 5.69 Å². The number of ketones is 2. The van der Waals surface area contributed by atoms with Crippen molar-refractivity contribution in [1.82, 2.24) is 42.8 Å². The Kier molecular flexibility index (Phi) is 34.2. The lowest BCUT2D eigenvalue weighted by Crippen LogP contribution is -2.39. The molecule has 15 rings (SSSR count). The third-order valence-corrected chi connectivity index (χ3v) is 26.0. The zero-order chi connectivity index (χ0) is 78.6. The topological polar surface area (TPSA) is 164 Å². The molecular formula is C91H128N10O8S3. The minimum Gasteiger partial charge on any atom is -0.485 e. The van der Waals surface area contributed by atoms with E-state index >= 15 is 0 Å². The maximum atomic E-state index is 12.3. The van der Waals surface area contributed by atoms with E-state index in [0.717, 1.165) is 151 Å². The van der Waals surface area contributed by atoms with Crippen LogP contribution in [-0.2, 0) is 45.4 Å². The second-order valence-electron chi connectivity index (χ2n) is 31.6. The predicted octanol–water partition coefficient (Wildman–Crippen LogP) is 18.2. The van der Waals surface area contributed by atoms with Gasteiger partial charge in [-0.2, -0.15) is 0 Å². The molecule has 21 heteroatoms. The highest BCUT2D eigenvalue weighted by molar-refractivity contribution is 7.17. The number of nitrogens with zero attached hydrogens (tertiary/aromatic N) is 10. The molecule has 5 aromatic carbocycles. The van der Waals surface area contributed by atoms with E-state index in [2.05, 4.69) is 111 Å². The largest absolute Gasteiger partial charge is 0.485 e. The summed E-state index contributed by atoms with van der Waals surface area (Å²) in [5.74, 6) is 0.883. The van der Waals surface area contributed by atoms with Gasteiger partial charge in [-0.3, -0.25) is 42.2 Å². The van der Waals surface area contributed by atoms with E-state index in [4.69, 9.17) is 9.15 Å². The monoisotopic (exact) mass is 1580 g/mol. The number of anilines is 1. The van der Waals surface area contributed by atoms with E-state index < -0.39 is 0 Å². The summed E-state index contributed by atoms with van der Waals surface area (Å²) in [6.07, 6.45) is 32.0. The highest BCUT2D eigenvalue weighted by atomic mass is 32.1. The van der Waals surface area contributed by atoms with Gasteiger partial charge in [0.05, 0.1) is 41.9 Å². The molecule has 5 fully saturated rings. The number of unbranched alkanes of at least 4 members (excludes halogenated alkanes) is 1. The normalized spacial score (nSPS) is 16.8. The number of piperidine rings is 5. The van der Waals surface area contributed by atoms with Gasteiger partial charge in [-0.05, 0) is 284 Å². The predicted molar refractivity (Wildman–Crippen MR) is 468 cm³/mol. The van der Waals surface area contributed by atoms with Crippen LogP contribution < -0.4 is 30.0 Å². The third kappa shape index (κ3) is 24.5. The third-order valence-electron chi connectivity index (χ3n) is 23.1. The summed E-state index contributed by atoms with van der Waals surface area (Å²) in [4.78, 5) is 87.9. The van der Waals surface area contributed by atoms with Crippen LogP contribution in [0, 0.1) is 0 Å². The van der Waals surface area contributed by atoms with Gasteiger partial charge in [0.25, 0.3) is 0 Å². The molecule has 0 spiro atoms. The molecule has 6 aliphatic heterocycles. The Balaban J connectivity index is 0.000000138. The molecule has 112 heavy (non-hydrogen) atoms. The zero-order valence-corrected chi connectivity index (χ0v) is 70.7. The Bertz CT molecular complexity index is 4570. The number of Topliss-reactive ketones (excluding diaryl/α,β-unsaturated/α-hetero) is 2. The van der Waals surface area contributed by atoms with Crippen LogP contribution in [0.5, 0.6) is 5.75 Å². The van der Waals surface area contributed by atoms with Gasteiger partial charge < -0.3 is 38.6 Å². The van der Waals surface area contributed by atoms with Crippen LogP contribution in [-0.4, -0.2) is 166 Å². The Morgan fingerprint density at radius 1 is 0.375 bits per heavy atom. The number of aromatic nitrogens is 4. The number of hydrogen-bond donors (Lipinski definition) is 0. The molecule has 18 nitrogen and oxygen atoms in total. The fraction of sp³-hybridized carbons (Fsp3) is 0.582. The number of aryl methyl sites for hydroxylation is 6. The molecule has 9 aromatic rings. The molecule has 0 saturated carbocycles. The molecule has 5 saturated heterocycles. The number of carbonyl (C=O) groups excluding carboxylic acids is 2. The van der Waals surface area contributed by atoms with Gasteiger partial charge in [0.15, 0.2) is 17.1 Å². The van der Waals surface area contributed by atoms with Crippen molar-refractivity contribution in [1.29, 1.82) is 0 Å². The number of carbonyl (C=O) groups is 2. The first-order valence-corrected chi connectivity index (χ1v) is 45.6. The first-order valence-electron chi connectivity index (χ1n) is 43.1. The minimum atomic E-state index is -0.334. The van der Waals surface area contributed by atoms with E-state index in [1.807, 2.05) is 51.8 Å². The molecule has 608 valence electrons. The first kappa shape index (κ1) is 85.8. The van der Waals surface area contributed by atoms with E-state index in [1.165, 1.54) is 238 Å². The molecule has 0 bridgehead atoms. The van der Waals surface area contributed by atoms with Crippen LogP contribution in [0.3, 0.4) is 0 Å². The maximum absolute atomic E-state index is 12.3. The van der Waals surface area contributed by atoms with E-state index in [1.54, 1.807) is 16.7 Å². The van der Waals surface area contributed by atoms with Crippen LogP contribution in [0.25, 0.3) is 41.7 Å². The van der Waals surface area contributed by atoms with Gasteiger partial charge >= 0.3 is 20.4 Å². The van der Waals surface area contributed by atoms with Gasteiger partial charge in [0.2, 0.25) is 0 Å². The van der Waals surface area contributed by atoms with Crippen molar-refractivity contribution < 1.29 is 18.7 Å². The maximum Gasteiger partial charge on any atom is 0.419 e. The number of benzene rings is 5. The molecular weight excluding hydrogens is 1460 g/mol. The molecule has 0 unspecified atom stereocenters. The average molecular weight is 1590 g/mol. The highest BCUT2D eigenvalue weighted by Crippen LogP contribution is 2.36. The number of hydrogen-bond acceptors (Lipinski definition) is 17. The van der Waals surface area contributed by atoms with Crippen molar-refractivity contribution in [2.45, 2.75) is 234 Å². The van der Waals surface area contributed by atoms with Gasteiger partial charge in [0, 0.05) is 75.5 Å². The second kappa shape index (κ2) is 44.7. The summed E-state index contributed by atoms with van der Waals surface area (Å²) in [5.41, 5.74) is 12.1. The lowest BCUT2D eigenvalue weighted by atomic mass is 10.1. The Morgan fingerprint density at radius 2 is 0.741 bits per heavy atom. The standard InChI is InChI=1S/C19H28N2OS.C19H28N2O.C18H24N2O3.C18H24N2O2S.C17H24N2OS/c1-2-8-16-9-10-17-18(15-16)23-19(22)21(17)14-7-6-13-20-11-4-3-5-12-20;1-3-7-17-8-9-18-19(14-17)22-15-16(2)21(18)13-12-20-10-5-4-6-11-20;2*1-2-16(21)14-7-8-15-17(13-14)23-18(22)20(15)12-6-11-19-9-4-3-5-10-19;1-2-6-14-7-8-15-16(13-14)21-17(20)19(15)12-11-18-9-4-3-5-10-18/h9-10,15H,2-8,11-14H2,1H3;8-9,14H,2-7,10-13,15H2,1H3;2*7-8,13H,2-6,9-12H2,1H3;7-8,13H,2-6,9-12H2,1H3. The molecule has 0 amide bonds. The van der Waals surface area contributed by atoms with Gasteiger partial charge in [-0.25, -0.2) is 4.79 Å². The summed E-state index contributed by atoms with van der Waals surface area (Å²) in [6, 6.07) is 30.6. The number of rotatable bonds is 29. The Morgan fingerprint density at radius 3 is 1.21 bits per heavy atom. The van der Waals surface area contributed by atoms with Crippen LogP contribution in [0.15, 0.2) is 127 Å². The number of oxazole rings is 1. The fourth-order valence-electron chi connectivity index (χ4n) is 16.8. The molecule has 0 radical (unpaired) electrons. The van der Waals surface area contributed by atoms with E-state index in [0.29, 0.717) is 42.7 Å². The summed E-state index contributed by atoms with van der Waals surface area (Å²) in [6.45, 7) is 36.8. The first-order chi connectivity index (χ1) is 54.7. The average Bonchev–Trinajstić information content (AvgIpc) is 1.77.